The molecule has 1 heterocycles. The third-order valence-corrected chi connectivity index (χ3v) is 2.95. The number of nitrogens with zero attached hydrogens (tertiary/aromatic N) is 1. The molecule has 0 aromatic rings. The van der Waals surface area contributed by atoms with E-state index in [1.807, 2.05) is 0 Å². The summed E-state index contributed by atoms with van der Waals surface area (Å²) in [5.41, 5.74) is 0. The zero-order valence-corrected chi connectivity index (χ0v) is 10.7. The lowest BCUT2D eigenvalue weighted by molar-refractivity contribution is -0.145. The highest BCUT2D eigenvalue weighted by Gasteiger charge is 2.24. The van der Waals surface area contributed by atoms with Crippen LogP contribution in [-0.2, 0) is 14.3 Å². The number of carbonyl (C=O) groups is 1. The van der Waals surface area contributed by atoms with Crippen LogP contribution in [0.1, 0.15) is 19.8 Å². The van der Waals surface area contributed by atoms with Gasteiger partial charge in [0.25, 0.3) is 0 Å². The van der Waals surface area contributed by atoms with Gasteiger partial charge < -0.3 is 19.5 Å². The second-order valence-corrected chi connectivity index (χ2v) is 4.53. The van der Waals surface area contributed by atoms with Gasteiger partial charge in [-0.1, -0.05) is 0 Å². The first kappa shape index (κ1) is 14.4. The molecule has 5 nitrogen and oxygen atoms in total. The minimum Gasteiger partial charge on any atom is -0.466 e. The summed E-state index contributed by atoms with van der Waals surface area (Å²) in [6, 6.07) is 0. The highest BCUT2D eigenvalue weighted by Crippen LogP contribution is 2.16. The van der Waals surface area contributed by atoms with E-state index in [-0.39, 0.29) is 12.4 Å². The highest BCUT2D eigenvalue weighted by atomic mass is 16.5. The summed E-state index contributed by atoms with van der Waals surface area (Å²) in [4.78, 5) is 13.3. The molecular formula is C12H23NO4. The average Bonchev–Trinajstić information content (AvgIpc) is 2.66. The lowest BCUT2D eigenvalue weighted by atomic mass is 10.1. The molecule has 0 saturated carbocycles. The Morgan fingerprint density at radius 3 is 3.00 bits per heavy atom. The van der Waals surface area contributed by atoms with Gasteiger partial charge in [0.15, 0.2) is 0 Å². The lowest BCUT2D eigenvalue weighted by Crippen LogP contribution is -2.32. The van der Waals surface area contributed by atoms with Gasteiger partial charge in [-0.25, -0.2) is 0 Å². The van der Waals surface area contributed by atoms with Gasteiger partial charge in [-0.2, -0.15) is 0 Å². The van der Waals surface area contributed by atoms with E-state index in [0.29, 0.717) is 19.1 Å². The lowest BCUT2D eigenvalue weighted by Gasteiger charge is -2.19. The maximum absolute atomic E-state index is 11.2. The molecule has 0 radical (unpaired) electrons. The number of hydrogen-bond acceptors (Lipinski definition) is 5. The van der Waals surface area contributed by atoms with Crippen LogP contribution < -0.4 is 0 Å². The van der Waals surface area contributed by atoms with Crippen LogP contribution in [0.5, 0.6) is 0 Å². The Morgan fingerprint density at radius 1 is 1.59 bits per heavy atom. The van der Waals surface area contributed by atoms with E-state index in [4.69, 9.17) is 9.47 Å². The van der Waals surface area contributed by atoms with Crippen molar-refractivity contribution in [3.05, 3.63) is 0 Å². The van der Waals surface area contributed by atoms with E-state index in [0.717, 1.165) is 26.1 Å². The van der Waals surface area contributed by atoms with Crippen molar-refractivity contribution >= 4 is 5.97 Å². The fraction of sp³-hybridized carbons (Fsp3) is 0.917. The fourth-order valence-corrected chi connectivity index (χ4v) is 2.23. The van der Waals surface area contributed by atoms with Crippen molar-refractivity contribution in [2.45, 2.75) is 25.9 Å². The summed E-state index contributed by atoms with van der Waals surface area (Å²) in [5, 5.41) is 9.75. The number of esters is 1. The molecule has 5 heteroatoms. The number of β-amino-alcohol motifs (C(OH)–C–C–N with tert-alkyl or cyclic N) is 1. The largest absolute Gasteiger partial charge is 0.466 e. The molecule has 0 aromatic carbocycles. The predicted molar refractivity (Wildman–Crippen MR) is 63.7 cm³/mol. The maximum Gasteiger partial charge on any atom is 0.308 e. The number of methoxy groups -OCH3 is 1. The van der Waals surface area contributed by atoms with Crippen LogP contribution in [0.25, 0.3) is 0 Å². The number of likely N-dealkylation sites (tertiary alicyclic amines) is 1. The van der Waals surface area contributed by atoms with Crippen molar-refractivity contribution in [1.29, 1.82) is 0 Å². The van der Waals surface area contributed by atoms with Gasteiger partial charge in [-0.3, -0.25) is 4.79 Å². The molecule has 0 amide bonds. The summed E-state index contributed by atoms with van der Waals surface area (Å²) < 4.78 is 9.91. The smallest absolute Gasteiger partial charge is 0.308 e. The first-order valence-corrected chi connectivity index (χ1v) is 6.20. The number of rotatable bonds is 7. The van der Waals surface area contributed by atoms with E-state index < -0.39 is 6.10 Å². The molecule has 0 aromatic heterocycles. The number of hydrogen-bond donors (Lipinski definition) is 1. The zero-order valence-electron chi connectivity index (χ0n) is 10.7. The monoisotopic (exact) mass is 245 g/mol. The fourth-order valence-electron chi connectivity index (χ4n) is 2.23. The summed E-state index contributed by atoms with van der Waals surface area (Å²) in [6.07, 6.45) is 0.551. The quantitative estimate of drug-likeness (QED) is 0.652. The van der Waals surface area contributed by atoms with Gasteiger partial charge in [-0.15, -0.1) is 0 Å². The standard InChI is InChI=1S/C12H23NO4/c1-3-17-12(15)6-11(14)8-13-5-4-10(7-13)9-16-2/h10-11,14H,3-9H2,1-2H3. The Kier molecular flexibility index (Phi) is 6.47. The number of aliphatic hydroxyl groups excluding tert-OH is 1. The Balaban J connectivity index is 2.19. The van der Waals surface area contributed by atoms with Gasteiger partial charge in [0.05, 0.1) is 25.7 Å². The Morgan fingerprint density at radius 2 is 2.35 bits per heavy atom. The average molecular weight is 245 g/mol. The first-order chi connectivity index (χ1) is 8.15. The number of carbonyl (C=O) groups excluding carboxylic acids is 1. The number of ether oxygens (including phenoxy) is 2. The molecule has 0 bridgehead atoms. The van der Waals surface area contributed by atoms with Crippen molar-refractivity contribution in [1.82, 2.24) is 4.90 Å². The Labute approximate surface area is 103 Å². The van der Waals surface area contributed by atoms with E-state index in [1.54, 1.807) is 14.0 Å². The molecule has 2 unspecified atom stereocenters. The highest BCUT2D eigenvalue weighted by molar-refractivity contribution is 5.69. The Bertz CT molecular complexity index is 235. The molecule has 0 aliphatic carbocycles. The molecule has 1 fully saturated rings. The minimum absolute atomic E-state index is 0.0826. The second-order valence-electron chi connectivity index (χ2n) is 4.53. The van der Waals surface area contributed by atoms with Crippen molar-refractivity contribution in [3.63, 3.8) is 0 Å². The molecule has 1 saturated heterocycles. The van der Waals surface area contributed by atoms with E-state index in [1.165, 1.54) is 0 Å². The van der Waals surface area contributed by atoms with Crippen LogP contribution in [0.2, 0.25) is 0 Å². The third kappa shape index (κ3) is 5.48. The second kappa shape index (κ2) is 7.63. The van der Waals surface area contributed by atoms with Gasteiger partial charge in [0, 0.05) is 20.2 Å². The third-order valence-electron chi connectivity index (χ3n) is 2.95. The molecular weight excluding hydrogens is 222 g/mol. The van der Waals surface area contributed by atoms with Crippen molar-refractivity contribution in [2.24, 2.45) is 5.92 Å². The topological polar surface area (TPSA) is 59.0 Å². The summed E-state index contributed by atoms with van der Waals surface area (Å²) >= 11 is 0. The number of aliphatic hydroxyl groups is 1. The first-order valence-electron chi connectivity index (χ1n) is 6.20. The van der Waals surface area contributed by atoms with E-state index >= 15 is 0 Å². The van der Waals surface area contributed by atoms with Crippen LogP contribution >= 0.6 is 0 Å². The van der Waals surface area contributed by atoms with Crippen LogP contribution in [0, 0.1) is 5.92 Å². The van der Waals surface area contributed by atoms with Gasteiger partial charge in [0.2, 0.25) is 0 Å². The minimum atomic E-state index is -0.629. The molecule has 100 valence electrons. The van der Waals surface area contributed by atoms with E-state index in [9.17, 15) is 9.90 Å². The van der Waals surface area contributed by atoms with Crippen LogP contribution in [0.4, 0.5) is 0 Å². The normalized spacial score (nSPS) is 22.6. The molecule has 1 aliphatic heterocycles. The van der Waals surface area contributed by atoms with Crippen LogP contribution in [-0.4, -0.2) is 62.0 Å². The molecule has 1 rings (SSSR count). The van der Waals surface area contributed by atoms with Gasteiger partial charge in [-0.05, 0) is 25.8 Å². The molecule has 0 spiro atoms. The van der Waals surface area contributed by atoms with Gasteiger partial charge >= 0.3 is 5.97 Å². The van der Waals surface area contributed by atoms with Crippen molar-refractivity contribution < 1.29 is 19.4 Å². The van der Waals surface area contributed by atoms with Crippen LogP contribution in [0.15, 0.2) is 0 Å². The SMILES string of the molecule is CCOC(=O)CC(O)CN1CCC(COC)C1. The van der Waals surface area contributed by atoms with E-state index in [2.05, 4.69) is 4.90 Å². The molecule has 1 aliphatic rings. The zero-order chi connectivity index (χ0) is 12.7. The molecule has 1 N–H and O–H groups in total. The van der Waals surface area contributed by atoms with Crippen molar-refractivity contribution in [2.75, 3.05) is 40.0 Å². The Hall–Kier alpha value is -0.650. The summed E-state index contributed by atoms with van der Waals surface area (Å²) in [7, 11) is 1.71. The predicted octanol–water partition coefficient (Wildman–Crippen LogP) is 0.269. The van der Waals surface area contributed by atoms with Gasteiger partial charge in [0.1, 0.15) is 0 Å². The molecule has 17 heavy (non-hydrogen) atoms. The van der Waals surface area contributed by atoms with Crippen LogP contribution in [0.3, 0.4) is 0 Å². The van der Waals surface area contributed by atoms with Crippen molar-refractivity contribution in [3.8, 4) is 0 Å². The summed E-state index contributed by atoms with van der Waals surface area (Å²) in [6.45, 7) is 5.34. The maximum atomic E-state index is 11.2. The molecule has 2 atom stereocenters. The summed E-state index contributed by atoms with van der Waals surface area (Å²) in [5.74, 6) is 0.224.